The molecule has 8 heteroatoms. The van der Waals surface area contributed by atoms with Gasteiger partial charge in [-0.15, -0.1) is 0 Å². The van der Waals surface area contributed by atoms with E-state index < -0.39 is 18.1 Å². The maximum Gasteiger partial charge on any atom is 0.362 e. The first-order valence-electron chi connectivity index (χ1n) is 17.5. The van der Waals surface area contributed by atoms with Gasteiger partial charge in [0.2, 0.25) is 0 Å². The second-order valence-electron chi connectivity index (χ2n) is 12.7. The predicted octanol–water partition coefficient (Wildman–Crippen LogP) is 8.35. The molecule has 0 aromatic rings. The lowest BCUT2D eigenvalue weighted by molar-refractivity contribution is -0.887. The van der Waals surface area contributed by atoms with Crippen LogP contribution < -0.4 is 0 Å². The van der Waals surface area contributed by atoms with Crippen LogP contribution in [-0.2, 0) is 28.6 Å². The number of nitrogens with zero attached hydrogens (tertiary/aromatic N) is 1. The Balaban J connectivity index is 4.52. The molecule has 0 radical (unpaired) electrons. The monoisotopic (exact) mass is 636 g/mol. The van der Waals surface area contributed by atoms with Gasteiger partial charge in [0.25, 0.3) is 0 Å². The molecule has 0 aliphatic heterocycles. The Labute approximate surface area is 274 Å². The second kappa shape index (κ2) is 29.0. The molecular formula is C37H66NO7+. The Morgan fingerprint density at radius 1 is 0.689 bits per heavy atom. The topological polar surface area (TPSA) is 99.1 Å². The average molecular weight is 637 g/mol. The number of carboxylic acids is 1. The van der Waals surface area contributed by atoms with E-state index in [1.165, 1.54) is 32.1 Å². The Bertz CT molecular complexity index is 844. The van der Waals surface area contributed by atoms with Crippen molar-refractivity contribution in [1.82, 2.24) is 0 Å². The van der Waals surface area contributed by atoms with Gasteiger partial charge in [-0.2, -0.15) is 0 Å². The van der Waals surface area contributed by atoms with E-state index in [4.69, 9.17) is 14.2 Å². The van der Waals surface area contributed by atoms with Crippen LogP contribution in [-0.4, -0.2) is 80.6 Å². The van der Waals surface area contributed by atoms with Crippen molar-refractivity contribution in [2.75, 3.05) is 41.0 Å². The van der Waals surface area contributed by atoms with Gasteiger partial charge in [0.15, 0.2) is 12.1 Å². The van der Waals surface area contributed by atoms with Crippen molar-refractivity contribution in [2.24, 2.45) is 0 Å². The number of quaternary nitrogens is 1. The van der Waals surface area contributed by atoms with Gasteiger partial charge in [-0.3, -0.25) is 9.59 Å². The Kier molecular flexibility index (Phi) is 27.4. The number of aliphatic carboxylic acids is 1. The van der Waals surface area contributed by atoms with Crippen molar-refractivity contribution in [3.05, 3.63) is 36.5 Å². The standard InChI is InChI=1S/C37H65NO7/c1-6-8-10-12-14-16-17-18-19-20-22-24-26-28-36(40)45-33(31-43-30-29-34(37(41)42)38(3,4)5)32-44-35(39)27-25-23-21-15-13-11-9-7-2/h8,10,14,16,18-19,33-34H,6-7,9,11-13,15,17,20-32H2,1-5H3/p+1/b10-8-,16-14-,19-18-. The molecule has 2 atom stereocenters. The Hall–Kier alpha value is -2.45. The number of hydrogen-bond donors (Lipinski definition) is 1. The van der Waals surface area contributed by atoms with E-state index >= 15 is 0 Å². The van der Waals surface area contributed by atoms with Crippen LogP contribution in [0.5, 0.6) is 0 Å². The number of rotatable bonds is 30. The minimum Gasteiger partial charge on any atom is -0.477 e. The third-order valence-electron chi connectivity index (χ3n) is 7.55. The number of unbranched alkanes of at least 4 members (excludes halogenated alkanes) is 10. The molecule has 0 heterocycles. The van der Waals surface area contributed by atoms with Gasteiger partial charge < -0.3 is 23.8 Å². The molecule has 260 valence electrons. The highest BCUT2D eigenvalue weighted by atomic mass is 16.6. The fourth-order valence-corrected chi connectivity index (χ4v) is 4.81. The lowest BCUT2D eigenvalue weighted by atomic mass is 10.1. The summed E-state index contributed by atoms with van der Waals surface area (Å²) in [5, 5.41) is 9.55. The molecule has 0 amide bonds. The van der Waals surface area contributed by atoms with E-state index in [1.807, 2.05) is 21.1 Å². The first kappa shape index (κ1) is 42.6. The number of carboxylic acid groups (broad SMARTS) is 1. The van der Waals surface area contributed by atoms with Crippen molar-refractivity contribution < 1.29 is 38.2 Å². The van der Waals surface area contributed by atoms with Gasteiger partial charge in [-0.25, -0.2) is 4.79 Å². The molecule has 0 aliphatic carbocycles. The molecule has 0 aliphatic rings. The minimum atomic E-state index is -0.883. The normalized spacial score (nSPS) is 13.5. The number of hydrogen-bond acceptors (Lipinski definition) is 6. The van der Waals surface area contributed by atoms with Gasteiger partial charge in [-0.1, -0.05) is 102 Å². The van der Waals surface area contributed by atoms with Crippen LogP contribution in [0.1, 0.15) is 129 Å². The number of carbonyl (C=O) groups excluding carboxylic acids is 2. The smallest absolute Gasteiger partial charge is 0.362 e. The average Bonchev–Trinajstić information content (AvgIpc) is 2.98. The number of esters is 2. The summed E-state index contributed by atoms with van der Waals surface area (Å²) in [7, 11) is 5.49. The summed E-state index contributed by atoms with van der Waals surface area (Å²) < 4.78 is 17.1. The minimum absolute atomic E-state index is 0.0500. The summed E-state index contributed by atoms with van der Waals surface area (Å²) in [5.41, 5.74) is 0. The second-order valence-corrected chi connectivity index (χ2v) is 12.7. The van der Waals surface area contributed by atoms with Gasteiger partial charge >= 0.3 is 17.9 Å². The number of allylic oxidation sites excluding steroid dienone is 6. The summed E-state index contributed by atoms with van der Waals surface area (Å²) in [5.74, 6) is -1.52. The molecule has 1 N–H and O–H groups in total. The summed E-state index contributed by atoms with van der Waals surface area (Å²) in [6, 6.07) is -0.616. The van der Waals surface area contributed by atoms with E-state index in [9.17, 15) is 19.5 Å². The molecule has 2 unspecified atom stereocenters. The summed E-state index contributed by atoms with van der Waals surface area (Å²) in [4.78, 5) is 36.6. The molecule has 0 rings (SSSR count). The van der Waals surface area contributed by atoms with Gasteiger partial charge in [0.1, 0.15) is 6.61 Å². The molecule has 0 spiro atoms. The molecule has 45 heavy (non-hydrogen) atoms. The number of ether oxygens (including phenoxy) is 3. The Morgan fingerprint density at radius 2 is 1.24 bits per heavy atom. The van der Waals surface area contributed by atoms with Crippen molar-refractivity contribution >= 4 is 17.9 Å². The van der Waals surface area contributed by atoms with Crippen LogP contribution in [0.4, 0.5) is 0 Å². The van der Waals surface area contributed by atoms with Crippen molar-refractivity contribution in [3.8, 4) is 0 Å². The zero-order valence-corrected chi connectivity index (χ0v) is 29.3. The van der Waals surface area contributed by atoms with Crippen LogP contribution in [0.3, 0.4) is 0 Å². The highest BCUT2D eigenvalue weighted by Crippen LogP contribution is 2.12. The van der Waals surface area contributed by atoms with Crippen LogP contribution in [0.2, 0.25) is 0 Å². The van der Waals surface area contributed by atoms with E-state index in [-0.39, 0.29) is 36.2 Å². The van der Waals surface area contributed by atoms with Crippen LogP contribution in [0, 0.1) is 0 Å². The molecule has 0 saturated carbocycles. The van der Waals surface area contributed by atoms with Crippen LogP contribution >= 0.6 is 0 Å². The van der Waals surface area contributed by atoms with Gasteiger partial charge in [-0.05, 0) is 44.9 Å². The van der Waals surface area contributed by atoms with Crippen LogP contribution in [0.25, 0.3) is 0 Å². The zero-order chi connectivity index (χ0) is 33.6. The quantitative estimate of drug-likeness (QED) is 0.0366. The Morgan fingerprint density at radius 3 is 1.84 bits per heavy atom. The third-order valence-corrected chi connectivity index (χ3v) is 7.55. The van der Waals surface area contributed by atoms with E-state index in [2.05, 4.69) is 50.3 Å². The molecule has 0 bridgehead atoms. The lowest BCUT2D eigenvalue weighted by Gasteiger charge is -2.31. The highest BCUT2D eigenvalue weighted by molar-refractivity contribution is 5.72. The third kappa shape index (κ3) is 27.6. The summed E-state index contributed by atoms with van der Waals surface area (Å²) >= 11 is 0. The molecule has 8 nitrogen and oxygen atoms in total. The highest BCUT2D eigenvalue weighted by Gasteiger charge is 2.31. The largest absolute Gasteiger partial charge is 0.477 e. The zero-order valence-electron chi connectivity index (χ0n) is 29.3. The van der Waals surface area contributed by atoms with E-state index in [0.29, 0.717) is 19.3 Å². The molecule has 0 aromatic heterocycles. The fraction of sp³-hybridized carbons (Fsp3) is 0.757. The summed E-state index contributed by atoms with van der Waals surface area (Å²) in [6.07, 6.45) is 29.1. The van der Waals surface area contributed by atoms with Crippen LogP contribution in [0.15, 0.2) is 36.5 Å². The SMILES string of the molecule is CC/C=C\C/C=C\C/C=C\CCCCCC(=O)OC(COCCC(C(=O)O)[N+](C)(C)C)COC(=O)CCCCCCCCCC. The van der Waals surface area contributed by atoms with E-state index in [1.54, 1.807) is 0 Å². The first-order valence-corrected chi connectivity index (χ1v) is 17.5. The van der Waals surface area contributed by atoms with Crippen molar-refractivity contribution in [2.45, 2.75) is 142 Å². The summed E-state index contributed by atoms with van der Waals surface area (Å²) in [6.45, 7) is 4.53. The van der Waals surface area contributed by atoms with E-state index in [0.717, 1.165) is 64.2 Å². The fourth-order valence-electron chi connectivity index (χ4n) is 4.81. The number of likely N-dealkylation sites (N-methyl/N-ethyl adjacent to an activating group) is 1. The predicted molar refractivity (Wildman–Crippen MR) is 183 cm³/mol. The van der Waals surface area contributed by atoms with Crippen molar-refractivity contribution in [3.63, 3.8) is 0 Å². The lowest BCUT2D eigenvalue weighted by Crippen LogP contribution is -2.50. The van der Waals surface area contributed by atoms with Gasteiger partial charge in [0, 0.05) is 19.3 Å². The molecule has 0 aromatic carbocycles. The van der Waals surface area contributed by atoms with Gasteiger partial charge in [0.05, 0.1) is 34.4 Å². The molecular weight excluding hydrogens is 570 g/mol. The maximum absolute atomic E-state index is 12.6. The molecule has 0 fully saturated rings. The maximum atomic E-state index is 12.6. The van der Waals surface area contributed by atoms with Crippen molar-refractivity contribution in [1.29, 1.82) is 0 Å². The first-order chi connectivity index (χ1) is 21.6. The number of carbonyl (C=O) groups is 3. The molecule has 0 saturated heterocycles.